The van der Waals surface area contributed by atoms with Gasteiger partial charge in [-0.3, -0.25) is 0 Å². The van der Waals surface area contributed by atoms with Crippen LogP contribution in [0, 0.1) is 10.8 Å². The summed E-state index contributed by atoms with van der Waals surface area (Å²) in [6, 6.07) is 6.79. The van der Waals surface area contributed by atoms with E-state index in [4.69, 9.17) is 0 Å². The van der Waals surface area contributed by atoms with Crippen molar-refractivity contribution in [2.75, 3.05) is 19.0 Å². The maximum Gasteiger partial charge on any atom is 0.0426 e. The van der Waals surface area contributed by atoms with Gasteiger partial charge < -0.3 is 4.90 Å². The Balaban J connectivity index is 3.22. The van der Waals surface area contributed by atoms with Crippen LogP contribution >= 0.6 is 0 Å². The van der Waals surface area contributed by atoms with E-state index in [1.54, 1.807) is 0 Å². The van der Waals surface area contributed by atoms with Crippen LogP contribution in [0.2, 0.25) is 0 Å². The summed E-state index contributed by atoms with van der Waals surface area (Å²) in [5.74, 6) is 0. The van der Waals surface area contributed by atoms with E-state index in [1.165, 1.54) is 16.8 Å². The molecule has 0 bridgehead atoms. The molecule has 0 fully saturated rings. The summed E-state index contributed by atoms with van der Waals surface area (Å²) in [5, 5.41) is 0. The fourth-order valence-corrected chi connectivity index (χ4v) is 2.65. The van der Waals surface area contributed by atoms with Crippen LogP contribution in [0.25, 0.3) is 0 Å². The minimum Gasteiger partial charge on any atom is -0.377 e. The van der Waals surface area contributed by atoms with Gasteiger partial charge in [0.15, 0.2) is 0 Å². The summed E-state index contributed by atoms with van der Waals surface area (Å²) >= 11 is 0. The molecule has 0 aromatic heterocycles. The SMILES string of the molecule is CN(C)c1c(CC(C)(C)C)cccc1CC(C)(C)C. The molecule has 0 spiro atoms. The number of anilines is 1. The molecule has 1 heteroatoms. The van der Waals surface area contributed by atoms with Crippen LogP contribution < -0.4 is 4.90 Å². The Morgan fingerprint density at radius 3 is 1.42 bits per heavy atom. The first-order chi connectivity index (χ1) is 8.49. The second kappa shape index (κ2) is 5.56. The molecule has 1 nitrogen and oxygen atoms in total. The summed E-state index contributed by atoms with van der Waals surface area (Å²) in [7, 11) is 4.32. The van der Waals surface area contributed by atoms with Crippen LogP contribution in [0.1, 0.15) is 52.7 Å². The second-order valence-corrected chi connectivity index (χ2v) is 8.29. The van der Waals surface area contributed by atoms with Gasteiger partial charge >= 0.3 is 0 Å². The average molecular weight is 261 g/mol. The molecule has 0 aliphatic rings. The van der Waals surface area contributed by atoms with Crippen molar-refractivity contribution in [1.82, 2.24) is 0 Å². The number of nitrogens with zero attached hydrogens (tertiary/aromatic N) is 1. The Morgan fingerprint density at radius 1 is 0.789 bits per heavy atom. The van der Waals surface area contributed by atoms with Gasteiger partial charge in [-0.05, 0) is 34.8 Å². The number of hydrogen-bond donors (Lipinski definition) is 0. The molecule has 0 saturated carbocycles. The third-order valence-electron chi connectivity index (χ3n) is 3.09. The first-order valence-corrected chi connectivity index (χ1v) is 7.28. The van der Waals surface area contributed by atoms with Crippen molar-refractivity contribution in [1.29, 1.82) is 0 Å². The molecule has 0 aliphatic heterocycles. The molecule has 0 unspecified atom stereocenters. The minimum atomic E-state index is 0.325. The lowest BCUT2D eigenvalue weighted by atomic mass is 9.83. The molecule has 108 valence electrons. The van der Waals surface area contributed by atoms with Gasteiger partial charge in [0.05, 0.1) is 0 Å². The smallest absolute Gasteiger partial charge is 0.0426 e. The fourth-order valence-electron chi connectivity index (χ4n) is 2.65. The highest BCUT2D eigenvalue weighted by molar-refractivity contribution is 5.59. The molecule has 0 atom stereocenters. The first-order valence-electron chi connectivity index (χ1n) is 7.28. The Kier molecular flexibility index (Phi) is 4.71. The molecular formula is C18H31N. The Labute approximate surface area is 120 Å². The topological polar surface area (TPSA) is 3.24 Å². The van der Waals surface area contributed by atoms with E-state index in [2.05, 4.69) is 78.7 Å². The predicted octanol–water partition coefficient (Wildman–Crippen LogP) is 4.93. The summed E-state index contributed by atoms with van der Waals surface area (Å²) in [6.45, 7) is 13.9. The molecule has 0 N–H and O–H groups in total. The number of benzene rings is 1. The van der Waals surface area contributed by atoms with Gasteiger partial charge in [0.25, 0.3) is 0 Å². The van der Waals surface area contributed by atoms with Crippen LogP contribution in [0.3, 0.4) is 0 Å². The normalized spacial score (nSPS) is 12.6. The number of rotatable bonds is 3. The standard InChI is InChI=1S/C18H31N/c1-17(2,3)12-14-10-9-11-15(13-18(4,5)6)16(14)19(7)8/h9-11H,12-13H2,1-8H3. The highest BCUT2D eigenvalue weighted by Crippen LogP contribution is 2.33. The first kappa shape index (κ1) is 16.1. The van der Waals surface area contributed by atoms with Gasteiger partial charge in [-0.25, -0.2) is 0 Å². The van der Waals surface area contributed by atoms with Crippen molar-refractivity contribution in [2.45, 2.75) is 54.4 Å². The van der Waals surface area contributed by atoms with Gasteiger partial charge in [-0.1, -0.05) is 59.7 Å². The molecule has 0 aliphatic carbocycles. The lowest BCUT2D eigenvalue weighted by Crippen LogP contribution is -2.19. The Bertz CT molecular complexity index is 382. The highest BCUT2D eigenvalue weighted by Gasteiger charge is 2.20. The van der Waals surface area contributed by atoms with Crippen LogP contribution in [0.15, 0.2) is 18.2 Å². The van der Waals surface area contributed by atoms with Gasteiger partial charge in [0.1, 0.15) is 0 Å². The van der Waals surface area contributed by atoms with E-state index in [9.17, 15) is 0 Å². The second-order valence-electron chi connectivity index (χ2n) is 8.29. The monoisotopic (exact) mass is 261 g/mol. The van der Waals surface area contributed by atoms with E-state index in [-0.39, 0.29) is 0 Å². The number of hydrogen-bond acceptors (Lipinski definition) is 1. The van der Waals surface area contributed by atoms with Crippen molar-refractivity contribution >= 4 is 5.69 Å². The third kappa shape index (κ3) is 5.26. The average Bonchev–Trinajstić information content (AvgIpc) is 2.11. The summed E-state index contributed by atoms with van der Waals surface area (Å²) < 4.78 is 0. The molecule has 19 heavy (non-hydrogen) atoms. The zero-order valence-electron chi connectivity index (χ0n) is 14.1. The maximum absolute atomic E-state index is 2.31. The van der Waals surface area contributed by atoms with Crippen LogP contribution in [0.5, 0.6) is 0 Å². The fraction of sp³-hybridized carbons (Fsp3) is 0.667. The summed E-state index contributed by atoms with van der Waals surface area (Å²) in [4.78, 5) is 2.28. The maximum atomic E-state index is 2.31. The van der Waals surface area contributed by atoms with E-state index in [0.717, 1.165) is 12.8 Å². The molecule has 1 aromatic carbocycles. The zero-order valence-corrected chi connectivity index (χ0v) is 14.1. The molecule has 0 heterocycles. The lowest BCUT2D eigenvalue weighted by Gasteiger charge is -2.28. The van der Waals surface area contributed by atoms with Crippen molar-refractivity contribution in [3.8, 4) is 0 Å². The predicted molar refractivity (Wildman–Crippen MR) is 87.1 cm³/mol. The Hall–Kier alpha value is -0.980. The molecular weight excluding hydrogens is 230 g/mol. The van der Waals surface area contributed by atoms with Crippen LogP contribution in [0.4, 0.5) is 5.69 Å². The van der Waals surface area contributed by atoms with Crippen molar-refractivity contribution in [3.63, 3.8) is 0 Å². The van der Waals surface area contributed by atoms with Gasteiger partial charge in [0, 0.05) is 19.8 Å². The van der Waals surface area contributed by atoms with Gasteiger partial charge in [0.2, 0.25) is 0 Å². The van der Waals surface area contributed by atoms with Crippen molar-refractivity contribution in [3.05, 3.63) is 29.3 Å². The Morgan fingerprint density at radius 2 is 1.16 bits per heavy atom. The molecule has 1 rings (SSSR count). The van der Waals surface area contributed by atoms with Crippen molar-refractivity contribution in [2.24, 2.45) is 10.8 Å². The summed E-state index contributed by atoms with van der Waals surface area (Å²) in [6.07, 6.45) is 2.25. The lowest BCUT2D eigenvalue weighted by molar-refractivity contribution is 0.406. The molecule has 0 saturated heterocycles. The van der Waals surface area contributed by atoms with Crippen LogP contribution in [-0.4, -0.2) is 14.1 Å². The van der Waals surface area contributed by atoms with Gasteiger partial charge in [-0.2, -0.15) is 0 Å². The number of para-hydroxylation sites is 1. The van der Waals surface area contributed by atoms with E-state index >= 15 is 0 Å². The van der Waals surface area contributed by atoms with Gasteiger partial charge in [-0.15, -0.1) is 0 Å². The zero-order chi connectivity index (χ0) is 14.8. The minimum absolute atomic E-state index is 0.325. The van der Waals surface area contributed by atoms with E-state index in [1.807, 2.05) is 0 Å². The summed E-state index contributed by atoms with van der Waals surface area (Å²) in [5.41, 5.74) is 5.02. The van der Waals surface area contributed by atoms with E-state index < -0.39 is 0 Å². The van der Waals surface area contributed by atoms with Crippen LogP contribution in [-0.2, 0) is 12.8 Å². The molecule has 1 aromatic rings. The third-order valence-corrected chi connectivity index (χ3v) is 3.09. The largest absolute Gasteiger partial charge is 0.377 e. The van der Waals surface area contributed by atoms with E-state index in [0.29, 0.717) is 10.8 Å². The highest BCUT2D eigenvalue weighted by atomic mass is 15.1. The molecule has 0 amide bonds. The quantitative estimate of drug-likeness (QED) is 0.745. The van der Waals surface area contributed by atoms with Crippen molar-refractivity contribution < 1.29 is 0 Å². The molecule has 0 radical (unpaired) electrons.